The second-order valence-electron chi connectivity index (χ2n) is 2.76. The van der Waals surface area contributed by atoms with E-state index in [1.54, 1.807) is 0 Å². The van der Waals surface area contributed by atoms with E-state index in [9.17, 15) is 9.59 Å². The zero-order valence-electron chi connectivity index (χ0n) is 7.32. The molecule has 0 bridgehead atoms. The van der Waals surface area contributed by atoms with Gasteiger partial charge in [0.25, 0.3) is 0 Å². The Labute approximate surface area is 80.6 Å². The van der Waals surface area contributed by atoms with E-state index in [0.29, 0.717) is 5.75 Å². The van der Waals surface area contributed by atoms with Gasteiger partial charge in [-0.1, -0.05) is 0 Å². The van der Waals surface area contributed by atoms with E-state index < -0.39 is 5.97 Å². The smallest absolute Gasteiger partial charge is 0.305 e. The highest BCUT2D eigenvalue weighted by Gasteiger charge is 2.19. The highest BCUT2D eigenvalue weighted by Crippen LogP contribution is 2.19. The van der Waals surface area contributed by atoms with Crippen molar-refractivity contribution in [2.45, 2.75) is 13.3 Å². The molecule has 0 spiro atoms. The summed E-state index contributed by atoms with van der Waals surface area (Å²) in [6.45, 7) is 2.09. The van der Waals surface area contributed by atoms with Crippen LogP contribution in [0, 0.1) is 0 Å². The first kappa shape index (κ1) is 10.1. The van der Waals surface area contributed by atoms with Crippen LogP contribution in [-0.4, -0.2) is 34.2 Å². The lowest BCUT2D eigenvalue weighted by molar-refractivity contribution is -0.137. The van der Waals surface area contributed by atoms with Gasteiger partial charge in [0.1, 0.15) is 0 Å². The largest absolute Gasteiger partial charge is 0.481 e. The molecule has 0 aromatic rings. The van der Waals surface area contributed by atoms with Crippen LogP contribution in [0.15, 0.2) is 11.1 Å². The molecule has 1 amide bonds. The number of hydrogen-bond acceptors (Lipinski definition) is 3. The molecule has 1 aliphatic heterocycles. The fourth-order valence-electron chi connectivity index (χ4n) is 1.08. The van der Waals surface area contributed by atoms with E-state index in [1.807, 2.05) is 12.3 Å². The van der Waals surface area contributed by atoms with Gasteiger partial charge in [-0.2, -0.15) is 0 Å². The maximum Gasteiger partial charge on any atom is 0.305 e. The zero-order valence-corrected chi connectivity index (χ0v) is 8.13. The quantitative estimate of drug-likeness (QED) is 0.737. The Bertz CT molecular complexity index is 262. The average molecular weight is 201 g/mol. The number of carbonyl (C=O) groups excluding carboxylic acids is 1. The van der Waals surface area contributed by atoms with Crippen molar-refractivity contribution >= 4 is 23.6 Å². The van der Waals surface area contributed by atoms with Crippen LogP contribution in [0.2, 0.25) is 0 Å². The molecule has 0 radical (unpaired) electrons. The van der Waals surface area contributed by atoms with E-state index in [1.165, 1.54) is 16.7 Å². The molecule has 0 atom stereocenters. The monoisotopic (exact) mass is 201 g/mol. The van der Waals surface area contributed by atoms with Gasteiger partial charge in [0, 0.05) is 12.2 Å². The van der Waals surface area contributed by atoms with Crippen molar-refractivity contribution in [3.8, 4) is 0 Å². The normalized spacial score (nSPS) is 17.2. The molecule has 4 nitrogen and oxygen atoms in total. The fraction of sp³-hybridized carbons (Fsp3) is 0.500. The minimum atomic E-state index is -0.876. The number of thioether (sulfide) groups is 1. The average Bonchev–Trinajstić information content (AvgIpc) is 2.03. The van der Waals surface area contributed by atoms with Crippen LogP contribution < -0.4 is 0 Å². The molecule has 0 aromatic carbocycles. The summed E-state index contributed by atoms with van der Waals surface area (Å²) < 4.78 is 0. The predicted molar refractivity (Wildman–Crippen MR) is 50.2 cm³/mol. The van der Waals surface area contributed by atoms with Gasteiger partial charge in [0.05, 0.1) is 12.2 Å². The number of carbonyl (C=O) groups is 2. The van der Waals surface area contributed by atoms with Crippen LogP contribution in [-0.2, 0) is 9.59 Å². The topological polar surface area (TPSA) is 57.6 Å². The number of allylic oxidation sites excluding steroid dienone is 1. The van der Waals surface area contributed by atoms with Crippen molar-refractivity contribution in [1.29, 1.82) is 0 Å². The second kappa shape index (κ2) is 4.32. The minimum Gasteiger partial charge on any atom is -0.481 e. The summed E-state index contributed by atoms with van der Waals surface area (Å²) in [5.41, 5.74) is 0.836. The van der Waals surface area contributed by atoms with Crippen LogP contribution in [0.5, 0.6) is 0 Å². The Morgan fingerprint density at radius 1 is 1.77 bits per heavy atom. The molecule has 0 aromatic heterocycles. The maximum absolute atomic E-state index is 11.3. The molecule has 0 saturated carbocycles. The van der Waals surface area contributed by atoms with Gasteiger partial charge >= 0.3 is 5.97 Å². The molecule has 1 N–H and O–H groups in total. The highest BCUT2D eigenvalue weighted by molar-refractivity contribution is 8.02. The first-order valence-electron chi connectivity index (χ1n) is 3.92. The van der Waals surface area contributed by atoms with Crippen molar-refractivity contribution < 1.29 is 14.7 Å². The lowest BCUT2D eigenvalue weighted by Crippen LogP contribution is -2.34. The molecule has 1 heterocycles. The van der Waals surface area contributed by atoms with E-state index in [-0.39, 0.29) is 18.9 Å². The predicted octanol–water partition coefficient (Wildman–Crippen LogP) is 0.898. The Balaban J connectivity index is 2.55. The Kier molecular flexibility index (Phi) is 3.36. The van der Waals surface area contributed by atoms with Crippen LogP contribution in [0.4, 0.5) is 0 Å². The van der Waals surface area contributed by atoms with Crippen molar-refractivity contribution in [3.05, 3.63) is 11.1 Å². The van der Waals surface area contributed by atoms with E-state index in [0.717, 1.165) is 5.70 Å². The lowest BCUT2D eigenvalue weighted by atomic mass is 10.3. The van der Waals surface area contributed by atoms with Gasteiger partial charge < -0.3 is 10.0 Å². The summed E-state index contributed by atoms with van der Waals surface area (Å²) in [4.78, 5) is 23.1. The van der Waals surface area contributed by atoms with Gasteiger partial charge in [-0.05, 0) is 12.3 Å². The lowest BCUT2D eigenvalue weighted by Gasteiger charge is -2.25. The molecular weight excluding hydrogens is 190 g/mol. The standard InChI is InChI=1S/C8H11NO3S/c1-6-4-13-5-7(10)9(6)3-2-8(11)12/h4H,2-3,5H2,1H3,(H,11,12). The number of amides is 1. The van der Waals surface area contributed by atoms with Gasteiger partial charge in [0.2, 0.25) is 5.91 Å². The van der Waals surface area contributed by atoms with E-state index >= 15 is 0 Å². The molecular formula is C8H11NO3S. The van der Waals surface area contributed by atoms with Crippen molar-refractivity contribution in [3.63, 3.8) is 0 Å². The third-order valence-corrected chi connectivity index (χ3v) is 2.66. The summed E-state index contributed by atoms with van der Waals surface area (Å²) in [5, 5.41) is 10.3. The first-order valence-corrected chi connectivity index (χ1v) is 4.96. The summed E-state index contributed by atoms with van der Waals surface area (Å²) in [7, 11) is 0. The third kappa shape index (κ3) is 2.77. The minimum absolute atomic E-state index is 0.00157. The van der Waals surface area contributed by atoms with Gasteiger partial charge in [0.15, 0.2) is 0 Å². The summed E-state index contributed by atoms with van der Waals surface area (Å²) in [6, 6.07) is 0. The molecule has 72 valence electrons. The number of carboxylic acids is 1. The van der Waals surface area contributed by atoms with Gasteiger partial charge in [-0.25, -0.2) is 0 Å². The number of nitrogens with zero attached hydrogens (tertiary/aromatic N) is 1. The fourth-order valence-corrected chi connectivity index (χ4v) is 1.83. The SMILES string of the molecule is CC1=CSCC(=O)N1CCC(=O)O. The molecule has 13 heavy (non-hydrogen) atoms. The zero-order chi connectivity index (χ0) is 9.84. The molecule has 0 unspecified atom stereocenters. The van der Waals surface area contributed by atoms with Crippen LogP contribution >= 0.6 is 11.8 Å². The number of hydrogen-bond donors (Lipinski definition) is 1. The van der Waals surface area contributed by atoms with E-state index in [2.05, 4.69) is 0 Å². The van der Waals surface area contributed by atoms with Crippen molar-refractivity contribution in [2.75, 3.05) is 12.3 Å². The summed E-state index contributed by atoms with van der Waals surface area (Å²) in [6.07, 6.45) is 0.00157. The molecule has 0 saturated heterocycles. The molecule has 0 fully saturated rings. The highest BCUT2D eigenvalue weighted by atomic mass is 32.2. The van der Waals surface area contributed by atoms with E-state index in [4.69, 9.17) is 5.11 Å². The van der Waals surface area contributed by atoms with Crippen molar-refractivity contribution in [2.24, 2.45) is 0 Å². The molecule has 1 aliphatic rings. The van der Waals surface area contributed by atoms with Gasteiger partial charge in [-0.3, -0.25) is 9.59 Å². The van der Waals surface area contributed by atoms with Crippen LogP contribution in [0.1, 0.15) is 13.3 Å². The Hall–Kier alpha value is -0.970. The van der Waals surface area contributed by atoms with Gasteiger partial charge in [-0.15, -0.1) is 11.8 Å². The summed E-state index contributed by atoms with van der Waals surface area (Å²) in [5.74, 6) is -0.471. The molecule has 0 aliphatic carbocycles. The number of rotatable bonds is 3. The summed E-state index contributed by atoms with van der Waals surface area (Å²) >= 11 is 1.45. The van der Waals surface area contributed by atoms with Crippen molar-refractivity contribution in [1.82, 2.24) is 4.90 Å². The third-order valence-electron chi connectivity index (χ3n) is 1.74. The Morgan fingerprint density at radius 2 is 2.46 bits per heavy atom. The Morgan fingerprint density at radius 3 is 3.00 bits per heavy atom. The number of aliphatic carboxylic acids is 1. The second-order valence-corrected chi connectivity index (χ2v) is 3.62. The molecule has 5 heteroatoms. The van der Waals surface area contributed by atoms with Crippen LogP contribution in [0.25, 0.3) is 0 Å². The molecule has 1 rings (SSSR count). The first-order chi connectivity index (χ1) is 6.11. The number of carboxylic acid groups (broad SMARTS) is 1. The van der Waals surface area contributed by atoms with Crippen LogP contribution in [0.3, 0.4) is 0 Å². The maximum atomic E-state index is 11.3.